The van der Waals surface area contributed by atoms with E-state index in [1.54, 1.807) is 49.4 Å². The number of ether oxygens (including phenoxy) is 1. The van der Waals surface area contributed by atoms with Crippen LogP contribution in [0.3, 0.4) is 0 Å². The second kappa shape index (κ2) is 7.42. The molecule has 6 nitrogen and oxygen atoms in total. The lowest BCUT2D eigenvalue weighted by Gasteiger charge is -2.10. The average Bonchev–Trinajstić information content (AvgIpc) is 3.04. The summed E-state index contributed by atoms with van der Waals surface area (Å²) in [5, 5.41) is 3.98. The number of hydrogen-bond acceptors (Lipinski definition) is 4. The van der Waals surface area contributed by atoms with Crippen LogP contribution in [0.1, 0.15) is 21.6 Å². The largest absolute Gasteiger partial charge is 0.505 e. The van der Waals surface area contributed by atoms with Gasteiger partial charge in [-0.05, 0) is 49.7 Å². The Kier molecular flexibility index (Phi) is 4.88. The van der Waals surface area contributed by atoms with Gasteiger partial charge in [0, 0.05) is 34.8 Å². The van der Waals surface area contributed by atoms with Gasteiger partial charge in [-0.15, -0.1) is 13.2 Å². The van der Waals surface area contributed by atoms with Gasteiger partial charge < -0.3 is 10.5 Å². The molecule has 4 aromatic rings. The van der Waals surface area contributed by atoms with Crippen LogP contribution in [0.5, 0.6) is 11.5 Å². The maximum Gasteiger partial charge on any atom is 0.505 e. The summed E-state index contributed by atoms with van der Waals surface area (Å²) < 4.78 is 45.6. The second-order valence-corrected chi connectivity index (χ2v) is 7.02. The molecule has 4 rings (SSSR count). The number of rotatable bonds is 4. The minimum absolute atomic E-state index is 0.0333. The molecule has 0 aliphatic rings. The Morgan fingerprint density at radius 2 is 1.77 bits per heavy atom. The number of nitrogens with zero attached hydrogens (tertiary/aromatic N) is 3. The molecule has 0 aliphatic heterocycles. The van der Waals surface area contributed by atoms with Gasteiger partial charge in [0.05, 0.1) is 16.9 Å². The van der Waals surface area contributed by atoms with Crippen LogP contribution in [0, 0.1) is 13.8 Å². The van der Waals surface area contributed by atoms with Crippen LogP contribution in [0.2, 0.25) is 0 Å². The van der Waals surface area contributed by atoms with Crippen molar-refractivity contribution in [3.8, 4) is 22.8 Å². The van der Waals surface area contributed by atoms with Crippen molar-refractivity contribution in [2.75, 3.05) is 0 Å². The highest BCUT2D eigenvalue weighted by Crippen LogP contribution is 2.33. The summed E-state index contributed by atoms with van der Waals surface area (Å²) in [5.74, 6) is 0.115. The third-order valence-corrected chi connectivity index (χ3v) is 4.83. The molecule has 0 bridgehead atoms. The molecule has 0 spiro atoms. The number of aryl methyl sites for hydroxylation is 2. The summed E-state index contributed by atoms with van der Waals surface area (Å²) in [5.41, 5.74) is 7.98. The first kappa shape index (κ1) is 20.4. The molecule has 0 atom stereocenters. The standard InChI is InChI=1S/C22H17F3N4O2/c1-12-9-14(3-5-17(12)21(26)30)19-10-16(7-8-27-19)31-15-4-6-18-13(2)28-29(20(18)11-15)22(23,24)25/h3-11H,1-2H3,(H2,26,30). The van der Waals surface area contributed by atoms with Gasteiger partial charge in [-0.2, -0.15) is 9.78 Å². The molecule has 0 saturated heterocycles. The Morgan fingerprint density at radius 3 is 2.45 bits per heavy atom. The lowest BCUT2D eigenvalue weighted by molar-refractivity contribution is -0.209. The topological polar surface area (TPSA) is 83.0 Å². The number of hydrogen-bond donors (Lipinski definition) is 1. The van der Waals surface area contributed by atoms with Crippen LogP contribution in [-0.2, 0) is 6.30 Å². The first-order chi connectivity index (χ1) is 14.6. The first-order valence-electron chi connectivity index (χ1n) is 9.25. The number of fused-ring (bicyclic) bond motifs is 1. The molecule has 2 N–H and O–H groups in total. The number of nitrogens with two attached hydrogens (primary N) is 1. The summed E-state index contributed by atoms with van der Waals surface area (Å²) in [4.78, 5) is 15.7. The van der Waals surface area contributed by atoms with Crippen molar-refractivity contribution in [1.82, 2.24) is 14.8 Å². The Balaban J connectivity index is 1.67. The molecule has 0 radical (unpaired) electrons. The average molecular weight is 426 g/mol. The van der Waals surface area contributed by atoms with Crippen molar-refractivity contribution in [1.29, 1.82) is 0 Å². The molecule has 9 heteroatoms. The predicted octanol–water partition coefficient (Wildman–Crippen LogP) is 5.08. The fourth-order valence-corrected chi connectivity index (χ4v) is 3.38. The number of carbonyl (C=O) groups is 1. The molecule has 1 amide bonds. The minimum atomic E-state index is -4.64. The summed E-state index contributed by atoms with van der Waals surface area (Å²) >= 11 is 0. The fraction of sp³-hybridized carbons (Fsp3) is 0.136. The summed E-state index contributed by atoms with van der Waals surface area (Å²) in [7, 11) is 0. The van der Waals surface area contributed by atoms with Gasteiger partial charge in [0.15, 0.2) is 0 Å². The number of primary amides is 1. The molecular formula is C22H17F3N4O2. The van der Waals surface area contributed by atoms with Gasteiger partial charge in [-0.25, -0.2) is 0 Å². The van der Waals surface area contributed by atoms with Crippen LogP contribution < -0.4 is 10.5 Å². The van der Waals surface area contributed by atoms with E-state index in [2.05, 4.69) is 10.1 Å². The molecule has 158 valence electrons. The van der Waals surface area contributed by atoms with Crippen LogP contribution in [-0.4, -0.2) is 20.7 Å². The molecule has 2 aromatic heterocycles. The van der Waals surface area contributed by atoms with Gasteiger partial charge in [0.25, 0.3) is 0 Å². The van der Waals surface area contributed by atoms with Crippen LogP contribution >= 0.6 is 0 Å². The van der Waals surface area contributed by atoms with Gasteiger partial charge >= 0.3 is 6.30 Å². The highest BCUT2D eigenvalue weighted by Gasteiger charge is 2.34. The van der Waals surface area contributed by atoms with Gasteiger partial charge in [0.2, 0.25) is 5.91 Å². The SMILES string of the molecule is Cc1cc(-c2cc(Oc3ccc4c(C)nn(C(F)(F)F)c4c3)ccn2)ccc1C(N)=O. The quantitative estimate of drug-likeness (QED) is 0.493. The summed E-state index contributed by atoms with van der Waals surface area (Å²) in [6.45, 7) is 3.29. The third kappa shape index (κ3) is 3.94. The Bertz CT molecular complexity index is 1310. The first-order valence-corrected chi connectivity index (χ1v) is 9.25. The minimum Gasteiger partial charge on any atom is -0.457 e. The van der Waals surface area contributed by atoms with Gasteiger partial charge in [0.1, 0.15) is 11.5 Å². The number of pyridine rings is 1. The van der Waals surface area contributed by atoms with Crippen LogP contribution in [0.4, 0.5) is 13.2 Å². The predicted molar refractivity (Wildman–Crippen MR) is 109 cm³/mol. The van der Waals surface area contributed by atoms with Gasteiger partial charge in [-0.3, -0.25) is 9.78 Å². The number of benzene rings is 2. The van der Waals surface area contributed by atoms with Gasteiger partial charge in [-0.1, -0.05) is 6.07 Å². The van der Waals surface area contributed by atoms with Crippen molar-refractivity contribution in [3.05, 3.63) is 71.5 Å². The maximum atomic E-state index is 13.3. The van der Waals surface area contributed by atoms with E-state index in [9.17, 15) is 18.0 Å². The highest BCUT2D eigenvalue weighted by atomic mass is 19.4. The van der Waals surface area contributed by atoms with Crippen LogP contribution in [0.25, 0.3) is 22.2 Å². The zero-order chi connectivity index (χ0) is 22.3. The molecule has 0 saturated carbocycles. The Hall–Kier alpha value is -3.88. The normalized spacial score (nSPS) is 11.6. The van der Waals surface area contributed by atoms with Crippen molar-refractivity contribution >= 4 is 16.8 Å². The van der Waals surface area contributed by atoms with Crippen molar-refractivity contribution in [2.45, 2.75) is 20.1 Å². The molecule has 0 fully saturated rings. The zero-order valence-corrected chi connectivity index (χ0v) is 16.6. The molecule has 0 unspecified atom stereocenters. The molecule has 31 heavy (non-hydrogen) atoms. The summed E-state index contributed by atoms with van der Waals surface area (Å²) in [6.07, 6.45) is -3.10. The van der Waals surface area contributed by atoms with E-state index in [0.29, 0.717) is 28.0 Å². The smallest absolute Gasteiger partial charge is 0.457 e. The second-order valence-electron chi connectivity index (χ2n) is 7.02. The monoisotopic (exact) mass is 426 g/mol. The molecule has 2 aromatic carbocycles. The van der Waals surface area contributed by atoms with Crippen molar-refractivity contribution in [3.63, 3.8) is 0 Å². The third-order valence-electron chi connectivity index (χ3n) is 4.83. The number of aromatic nitrogens is 3. The van der Waals surface area contributed by atoms with E-state index in [1.807, 2.05) is 0 Å². The fourth-order valence-electron chi connectivity index (χ4n) is 3.38. The number of amides is 1. The summed E-state index contributed by atoms with van der Waals surface area (Å²) in [6, 6.07) is 12.8. The van der Waals surface area contributed by atoms with E-state index in [-0.39, 0.29) is 21.6 Å². The van der Waals surface area contributed by atoms with E-state index in [1.165, 1.54) is 19.2 Å². The number of carbonyl (C=O) groups excluding carboxylic acids is 1. The number of alkyl halides is 3. The molecule has 0 aliphatic carbocycles. The van der Waals surface area contributed by atoms with Crippen molar-refractivity contribution in [2.24, 2.45) is 5.73 Å². The van der Waals surface area contributed by atoms with Crippen LogP contribution in [0.15, 0.2) is 54.7 Å². The molecular weight excluding hydrogens is 409 g/mol. The Labute approximate surface area is 175 Å². The lowest BCUT2D eigenvalue weighted by atomic mass is 10.0. The van der Waals surface area contributed by atoms with E-state index < -0.39 is 12.2 Å². The molecule has 2 heterocycles. The van der Waals surface area contributed by atoms with E-state index >= 15 is 0 Å². The maximum absolute atomic E-state index is 13.3. The Morgan fingerprint density at radius 1 is 1.03 bits per heavy atom. The van der Waals surface area contributed by atoms with E-state index in [0.717, 1.165) is 5.56 Å². The highest BCUT2D eigenvalue weighted by molar-refractivity contribution is 5.94. The lowest BCUT2D eigenvalue weighted by Crippen LogP contribution is -2.18. The van der Waals surface area contributed by atoms with Crippen molar-refractivity contribution < 1.29 is 22.7 Å². The van der Waals surface area contributed by atoms with E-state index in [4.69, 9.17) is 10.5 Å². The number of halogens is 3. The zero-order valence-electron chi connectivity index (χ0n) is 16.6.